The van der Waals surface area contributed by atoms with Crippen molar-refractivity contribution < 1.29 is 9.50 Å². The molecule has 1 aromatic heterocycles. The van der Waals surface area contributed by atoms with Crippen LogP contribution >= 0.6 is 11.6 Å². The molecule has 2 aliphatic rings. The summed E-state index contributed by atoms with van der Waals surface area (Å²) in [7, 11) is 2.09. The zero-order valence-electron chi connectivity index (χ0n) is 22.3. The molecule has 3 aromatic carbocycles. The van der Waals surface area contributed by atoms with Crippen LogP contribution in [0.5, 0.6) is 5.75 Å². The van der Waals surface area contributed by atoms with Gasteiger partial charge in [-0.25, -0.2) is 9.37 Å². The number of anilines is 2. The van der Waals surface area contributed by atoms with E-state index in [1.54, 1.807) is 18.2 Å². The first kappa shape index (κ1) is 26.0. The molecule has 6 rings (SSSR count). The summed E-state index contributed by atoms with van der Waals surface area (Å²) in [6.45, 7) is 6.36. The largest absolute Gasteiger partial charge is 0.508 e. The van der Waals surface area contributed by atoms with E-state index in [-0.39, 0.29) is 21.9 Å². The molecule has 39 heavy (non-hydrogen) atoms. The maximum absolute atomic E-state index is 16.6. The number of piperazine rings is 1. The van der Waals surface area contributed by atoms with E-state index in [0.717, 1.165) is 56.2 Å². The maximum Gasteiger partial charge on any atom is 0.225 e. The first-order valence-electron chi connectivity index (χ1n) is 13.8. The summed E-state index contributed by atoms with van der Waals surface area (Å²) in [5.41, 5.74) is 0.996. The Labute approximate surface area is 233 Å². The fourth-order valence-corrected chi connectivity index (χ4v) is 6.22. The van der Waals surface area contributed by atoms with Crippen LogP contribution in [0.15, 0.2) is 42.5 Å². The Morgan fingerprint density at radius 1 is 1.13 bits per heavy atom. The summed E-state index contributed by atoms with van der Waals surface area (Å²) in [4.78, 5) is 14.1. The molecule has 2 fully saturated rings. The van der Waals surface area contributed by atoms with E-state index in [1.807, 2.05) is 24.3 Å². The molecule has 0 aliphatic carbocycles. The smallest absolute Gasteiger partial charge is 0.225 e. The van der Waals surface area contributed by atoms with Crippen LogP contribution in [0.2, 0.25) is 5.02 Å². The van der Waals surface area contributed by atoms with Crippen molar-refractivity contribution in [2.45, 2.75) is 38.3 Å². The van der Waals surface area contributed by atoms with Gasteiger partial charge in [-0.1, -0.05) is 42.8 Å². The summed E-state index contributed by atoms with van der Waals surface area (Å²) in [5.74, 6) is 0.664. The number of hydrogen-bond donors (Lipinski definition) is 3. The van der Waals surface area contributed by atoms with Gasteiger partial charge < -0.3 is 25.5 Å². The zero-order valence-corrected chi connectivity index (χ0v) is 23.1. The van der Waals surface area contributed by atoms with Crippen molar-refractivity contribution >= 4 is 45.0 Å². The summed E-state index contributed by atoms with van der Waals surface area (Å²) in [6, 6.07) is 13.4. The fourth-order valence-electron chi connectivity index (χ4n) is 5.93. The second-order valence-electron chi connectivity index (χ2n) is 10.7. The minimum absolute atomic E-state index is 0.0540. The number of phenolic OH excluding ortho intramolecular Hbond substituents is 1. The molecular weight excluding hydrogens is 515 g/mol. The first-order chi connectivity index (χ1) is 18.9. The van der Waals surface area contributed by atoms with E-state index < -0.39 is 5.82 Å². The predicted molar refractivity (Wildman–Crippen MR) is 158 cm³/mol. The molecule has 0 spiro atoms. The number of fused-ring (bicyclic) bond motifs is 4. The number of halogens is 2. The Hall–Kier alpha value is -3.20. The molecule has 7 nitrogen and oxygen atoms in total. The number of hydrogen-bond acceptors (Lipinski definition) is 7. The number of benzene rings is 3. The third-order valence-electron chi connectivity index (χ3n) is 8.03. The van der Waals surface area contributed by atoms with Crippen LogP contribution < -0.4 is 15.5 Å². The van der Waals surface area contributed by atoms with E-state index in [4.69, 9.17) is 16.6 Å². The lowest BCUT2D eigenvalue weighted by atomic mass is 9.96. The highest BCUT2D eigenvalue weighted by atomic mass is 35.5. The van der Waals surface area contributed by atoms with Gasteiger partial charge in [-0.15, -0.1) is 0 Å². The molecule has 0 saturated carbocycles. The lowest BCUT2D eigenvalue weighted by Gasteiger charge is -2.34. The minimum Gasteiger partial charge on any atom is -0.508 e. The number of phenols is 1. The van der Waals surface area contributed by atoms with Gasteiger partial charge in [0.25, 0.3) is 0 Å². The number of nitrogens with zero attached hydrogens (tertiary/aromatic N) is 4. The Bertz CT molecular complexity index is 1520. The summed E-state index contributed by atoms with van der Waals surface area (Å²) in [5, 5.41) is 19.9. The molecule has 0 radical (unpaired) electrons. The second kappa shape index (κ2) is 10.8. The molecule has 3 N–H and O–H groups in total. The van der Waals surface area contributed by atoms with Crippen molar-refractivity contribution in [1.29, 1.82) is 0 Å². The molecule has 2 saturated heterocycles. The highest BCUT2D eigenvalue weighted by molar-refractivity contribution is 6.35. The molecule has 204 valence electrons. The van der Waals surface area contributed by atoms with Gasteiger partial charge in [0.05, 0.1) is 5.02 Å². The van der Waals surface area contributed by atoms with Crippen LogP contribution in [0.3, 0.4) is 0 Å². The number of aromatic hydroxyl groups is 1. The monoisotopic (exact) mass is 548 g/mol. The van der Waals surface area contributed by atoms with Gasteiger partial charge in [-0.2, -0.15) is 4.98 Å². The summed E-state index contributed by atoms with van der Waals surface area (Å²) in [6.07, 6.45) is 3.18. The lowest BCUT2D eigenvalue weighted by Crippen LogP contribution is -2.51. The van der Waals surface area contributed by atoms with Crippen molar-refractivity contribution in [1.82, 2.24) is 20.2 Å². The minimum atomic E-state index is -0.510. The summed E-state index contributed by atoms with van der Waals surface area (Å²) >= 11 is 6.83. The van der Waals surface area contributed by atoms with E-state index in [9.17, 15) is 5.11 Å². The molecule has 3 heterocycles. The average molecular weight is 549 g/mol. The standard InChI is InChI=1S/C30H34ClFN6O/c1-3-37(2)12-6-11-33-30-35-28-24(29(36-30)38-16-19-9-10-20(17-38)34-19)15-25(31)26(27(28)32)23-14-21(39)13-18-7-4-5-8-22(18)23/h4-5,7-8,13-15,19-20,34,39H,3,6,9-12,16-17H2,1-2H3,(H,33,35,36). The lowest BCUT2D eigenvalue weighted by molar-refractivity contribution is 0.351. The fraction of sp³-hybridized carbons (Fsp3) is 0.400. The molecule has 2 atom stereocenters. The molecule has 2 bridgehead atoms. The van der Waals surface area contributed by atoms with Crippen molar-refractivity contribution in [3.8, 4) is 16.9 Å². The summed E-state index contributed by atoms with van der Waals surface area (Å²) < 4.78 is 16.6. The first-order valence-corrected chi connectivity index (χ1v) is 14.1. The maximum atomic E-state index is 16.6. The van der Waals surface area contributed by atoms with E-state index >= 15 is 4.39 Å². The second-order valence-corrected chi connectivity index (χ2v) is 11.2. The van der Waals surface area contributed by atoms with Crippen LogP contribution in [0.4, 0.5) is 16.2 Å². The Kier molecular flexibility index (Phi) is 7.18. The van der Waals surface area contributed by atoms with Gasteiger partial charge in [-0.05, 0) is 73.9 Å². The van der Waals surface area contributed by atoms with Gasteiger partial charge >= 0.3 is 0 Å². The predicted octanol–water partition coefficient (Wildman–Crippen LogP) is 5.64. The molecule has 9 heteroatoms. The van der Waals surface area contributed by atoms with Gasteiger partial charge in [0.15, 0.2) is 5.82 Å². The van der Waals surface area contributed by atoms with Crippen LogP contribution in [0, 0.1) is 5.82 Å². The van der Waals surface area contributed by atoms with Crippen molar-refractivity contribution in [2.24, 2.45) is 0 Å². The highest BCUT2D eigenvalue weighted by Crippen LogP contribution is 2.42. The molecular formula is C30H34ClFN6O. The van der Waals surface area contributed by atoms with Crippen LogP contribution in [0.1, 0.15) is 26.2 Å². The normalized spacial score (nSPS) is 18.9. The van der Waals surface area contributed by atoms with Crippen molar-refractivity contribution in [3.05, 3.63) is 53.3 Å². The van der Waals surface area contributed by atoms with Gasteiger partial charge in [-0.3, -0.25) is 0 Å². The molecule has 0 amide bonds. The number of nitrogens with one attached hydrogen (secondary N) is 2. The number of rotatable bonds is 8. The van der Waals surface area contributed by atoms with Crippen LogP contribution in [-0.4, -0.2) is 71.8 Å². The van der Waals surface area contributed by atoms with Crippen molar-refractivity contribution in [2.75, 3.05) is 50.0 Å². The Morgan fingerprint density at radius 3 is 2.67 bits per heavy atom. The quantitative estimate of drug-likeness (QED) is 0.246. The van der Waals surface area contributed by atoms with Gasteiger partial charge in [0, 0.05) is 42.7 Å². The van der Waals surface area contributed by atoms with E-state index in [0.29, 0.717) is 41.3 Å². The van der Waals surface area contributed by atoms with E-state index in [2.05, 4.69) is 39.4 Å². The third kappa shape index (κ3) is 5.09. The topological polar surface area (TPSA) is 76.5 Å². The van der Waals surface area contributed by atoms with Crippen LogP contribution in [-0.2, 0) is 0 Å². The van der Waals surface area contributed by atoms with Crippen LogP contribution in [0.25, 0.3) is 32.8 Å². The highest BCUT2D eigenvalue weighted by Gasteiger charge is 2.34. The average Bonchev–Trinajstić information content (AvgIpc) is 3.27. The SMILES string of the molecule is CCN(C)CCCNc1nc(N2CC3CCC(C2)N3)c2cc(Cl)c(-c3cc(O)cc4ccccc34)c(F)c2n1. The van der Waals surface area contributed by atoms with E-state index in [1.165, 1.54) is 0 Å². The molecule has 2 unspecified atom stereocenters. The zero-order chi connectivity index (χ0) is 27.1. The molecule has 4 aromatic rings. The number of aromatic nitrogens is 2. The van der Waals surface area contributed by atoms with Gasteiger partial charge in [0.1, 0.15) is 17.1 Å². The third-order valence-corrected chi connectivity index (χ3v) is 8.33. The van der Waals surface area contributed by atoms with Gasteiger partial charge in [0.2, 0.25) is 5.95 Å². The molecule has 2 aliphatic heterocycles. The van der Waals surface area contributed by atoms with Crippen molar-refractivity contribution in [3.63, 3.8) is 0 Å². The Balaban J connectivity index is 1.47. The Morgan fingerprint density at radius 2 is 1.90 bits per heavy atom.